The molecule has 0 saturated carbocycles. The first-order valence-electron chi connectivity index (χ1n) is 11.9. The topological polar surface area (TPSA) is 77.5 Å². The Balaban J connectivity index is 1.36. The molecule has 4 atom stereocenters. The van der Waals surface area contributed by atoms with Crippen LogP contribution in [-0.2, 0) is 4.74 Å². The number of aromatic nitrogens is 2. The number of nitrogens with one attached hydrogen (secondary N) is 2. The number of anilines is 2. The van der Waals surface area contributed by atoms with Gasteiger partial charge >= 0.3 is 0 Å². The maximum atomic E-state index is 14.7. The zero-order chi connectivity index (χ0) is 23.9. The van der Waals surface area contributed by atoms with Gasteiger partial charge in [-0.3, -0.25) is 0 Å². The molecular formula is C25H25Cl2FN4O3. The van der Waals surface area contributed by atoms with Crippen molar-refractivity contribution in [3.05, 3.63) is 46.5 Å². The molecule has 3 saturated heterocycles. The number of piperidine rings is 1. The quantitative estimate of drug-likeness (QED) is 0.408. The third-order valence-electron chi connectivity index (χ3n) is 6.89. The number of hydrogen-bond acceptors (Lipinski definition) is 7. The van der Waals surface area contributed by atoms with E-state index in [1.54, 1.807) is 0 Å². The van der Waals surface area contributed by atoms with Crippen molar-refractivity contribution >= 4 is 45.6 Å². The molecule has 0 spiro atoms. The third-order valence-corrected chi connectivity index (χ3v) is 7.68. The predicted octanol–water partition coefficient (Wildman–Crippen LogP) is 5.65. The molecule has 0 amide bonds. The van der Waals surface area contributed by atoms with E-state index in [-0.39, 0.29) is 27.9 Å². The number of rotatable bonds is 6. The Bertz CT molecular complexity index is 1250. The second-order valence-electron chi connectivity index (χ2n) is 9.34. The minimum atomic E-state index is -0.645. The summed E-state index contributed by atoms with van der Waals surface area (Å²) in [5.41, 5.74) is 0.815. The first-order chi connectivity index (χ1) is 17.0. The number of benzene rings is 2. The highest BCUT2D eigenvalue weighted by Crippen LogP contribution is 2.39. The van der Waals surface area contributed by atoms with Gasteiger partial charge in [0.2, 0.25) is 0 Å². The lowest BCUT2D eigenvalue weighted by Crippen LogP contribution is -2.42. The van der Waals surface area contributed by atoms with Crippen LogP contribution in [0.15, 0.2) is 30.6 Å². The van der Waals surface area contributed by atoms with Crippen LogP contribution in [0.1, 0.15) is 32.1 Å². The van der Waals surface area contributed by atoms with Crippen LogP contribution in [0.25, 0.3) is 10.9 Å². The average molecular weight is 519 g/mol. The van der Waals surface area contributed by atoms with Crippen molar-refractivity contribution in [1.29, 1.82) is 0 Å². The normalized spacial score (nSPS) is 25.7. The van der Waals surface area contributed by atoms with Crippen molar-refractivity contribution in [2.45, 2.75) is 56.4 Å². The van der Waals surface area contributed by atoms with Gasteiger partial charge in [0.05, 0.1) is 34.5 Å². The highest BCUT2D eigenvalue weighted by molar-refractivity contribution is 6.42. The second kappa shape index (κ2) is 9.58. The van der Waals surface area contributed by atoms with Crippen molar-refractivity contribution in [2.75, 3.05) is 18.5 Å². The molecule has 184 valence electrons. The molecule has 0 radical (unpaired) electrons. The highest BCUT2D eigenvalue weighted by atomic mass is 35.5. The molecular weight excluding hydrogens is 494 g/mol. The zero-order valence-electron chi connectivity index (χ0n) is 18.9. The lowest BCUT2D eigenvalue weighted by atomic mass is 10.0. The summed E-state index contributed by atoms with van der Waals surface area (Å²) in [5, 5.41) is 7.36. The Hall–Kier alpha value is -2.39. The Kier molecular flexibility index (Phi) is 6.30. The first-order valence-corrected chi connectivity index (χ1v) is 12.7. The molecule has 7 nitrogen and oxygen atoms in total. The molecule has 35 heavy (non-hydrogen) atoms. The monoisotopic (exact) mass is 518 g/mol. The van der Waals surface area contributed by atoms with Gasteiger partial charge < -0.3 is 24.8 Å². The highest BCUT2D eigenvalue weighted by Gasteiger charge is 2.35. The van der Waals surface area contributed by atoms with Crippen LogP contribution in [0.5, 0.6) is 11.5 Å². The number of fused-ring (bicyclic) bond motifs is 3. The molecule has 3 aliphatic heterocycles. The fourth-order valence-corrected chi connectivity index (χ4v) is 5.47. The molecule has 2 N–H and O–H groups in total. The van der Waals surface area contributed by atoms with E-state index in [4.69, 9.17) is 37.4 Å². The van der Waals surface area contributed by atoms with Crippen molar-refractivity contribution in [3.63, 3.8) is 0 Å². The van der Waals surface area contributed by atoms with Crippen LogP contribution in [0.4, 0.5) is 15.9 Å². The summed E-state index contributed by atoms with van der Waals surface area (Å²) in [6.45, 7) is 1.22. The van der Waals surface area contributed by atoms with E-state index in [1.165, 1.54) is 31.3 Å². The van der Waals surface area contributed by atoms with Gasteiger partial charge in [0, 0.05) is 30.0 Å². The molecule has 1 unspecified atom stereocenters. The van der Waals surface area contributed by atoms with Gasteiger partial charge in [0.15, 0.2) is 17.3 Å². The Morgan fingerprint density at radius 1 is 1.00 bits per heavy atom. The van der Waals surface area contributed by atoms with Gasteiger partial charge in [0.25, 0.3) is 0 Å². The average Bonchev–Trinajstić information content (AvgIpc) is 3.49. The van der Waals surface area contributed by atoms with Gasteiger partial charge in [-0.15, -0.1) is 0 Å². The van der Waals surface area contributed by atoms with E-state index in [9.17, 15) is 4.39 Å². The second-order valence-corrected chi connectivity index (χ2v) is 10.1. The van der Waals surface area contributed by atoms with E-state index >= 15 is 0 Å². The molecule has 2 bridgehead atoms. The van der Waals surface area contributed by atoms with Gasteiger partial charge in [-0.2, -0.15) is 0 Å². The third kappa shape index (κ3) is 4.72. The van der Waals surface area contributed by atoms with Gasteiger partial charge in [-0.1, -0.05) is 23.2 Å². The summed E-state index contributed by atoms with van der Waals surface area (Å²) in [6, 6.07) is 7.78. The van der Waals surface area contributed by atoms with Crippen LogP contribution < -0.4 is 20.1 Å². The van der Waals surface area contributed by atoms with Crippen LogP contribution >= 0.6 is 23.2 Å². The molecule has 3 aliphatic rings. The fraction of sp³-hybridized carbons (Fsp3) is 0.440. The van der Waals surface area contributed by atoms with Crippen molar-refractivity contribution in [1.82, 2.24) is 15.3 Å². The van der Waals surface area contributed by atoms with E-state index < -0.39 is 5.82 Å². The number of ether oxygens (including phenoxy) is 3. The maximum Gasteiger partial charge on any atom is 0.166 e. The van der Waals surface area contributed by atoms with Crippen LogP contribution in [0, 0.1) is 5.82 Å². The number of hydrogen-bond donors (Lipinski definition) is 2. The van der Waals surface area contributed by atoms with Crippen LogP contribution in [0.3, 0.4) is 0 Å². The van der Waals surface area contributed by atoms with E-state index in [0.29, 0.717) is 53.5 Å². The van der Waals surface area contributed by atoms with Gasteiger partial charge in [-0.05, 0) is 43.9 Å². The maximum absolute atomic E-state index is 14.7. The standard InChI is InChI=1S/C25H25Cl2FN4O3/c26-18-3-4-19(24(28)23(18)27)32-25-17-9-21(35-16-7-13-1-2-14(8-16)31-13)22(10-20(17)29-12-30-25)34-15-5-6-33-11-15/h3-4,9-10,12-16,31H,1-2,5-8,11H2,(H,29,30,32)/t13-,14+,15-,16?/m1/s1. The van der Waals surface area contributed by atoms with E-state index in [0.717, 1.165) is 19.3 Å². The number of halogens is 3. The zero-order valence-corrected chi connectivity index (χ0v) is 20.4. The van der Waals surface area contributed by atoms with Crippen molar-refractivity contribution < 1.29 is 18.6 Å². The Morgan fingerprint density at radius 3 is 2.54 bits per heavy atom. The largest absolute Gasteiger partial charge is 0.486 e. The summed E-state index contributed by atoms with van der Waals surface area (Å²) in [7, 11) is 0. The summed E-state index contributed by atoms with van der Waals surface area (Å²) < 4.78 is 33.1. The lowest BCUT2D eigenvalue weighted by Gasteiger charge is -2.30. The molecule has 3 fully saturated rings. The fourth-order valence-electron chi connectivity index (χ4n) is 5.16. The molecule has 6 rings (SSSR count). The van der Waals surface area contributed by atoms with Gasteiger partial charge in [-0.25, -0.2) is 14.4 Å². The lowest BCUT2D eigenvalue weighted by molar-refractivity contribution is 0.116. The molecule has 3 aromatic rings. The Labute approximate surface area is 212 Å². The SMILES string of the molecule is Fc1c(Nc2ncnc3cc(O[C@@H]4CCOC4)c(OC4C[C@H]5CC[C@@H](C4)N5)cc23)ccc(Cl)c1Cl. The minimum Gasteiger partial charge on any atom is -0.486 e. The predicted molar refractivity (Wildman–Crippen MR) is 133 cm³/mol. The van der Waals surface area contributed by atoms with Crippen LogP contribution in [0.2, 0.25) is 10.0 Å². The Morgan fingerprint density at radius 2 is 1.77 bits per heavy atom. The molecule has 1 aromatic heterocycles. The summed E-state index contributed by atoms with van der Waals surface area (Å²) in [5.74, 6) is 1.04. The minimum absolute atomic E-state index is 0.0382. The van der Waals surface area contributed by atoms with Crippen molar-refractivity contribution in [2.24, 2.45) is 0 Å². The van der Waals surface area contributed by atoms with Crippen LogP contribution in [-0.4, -0.2) is 47.5 Å². The van der Waals surface area contributed by atoms with Gasteiger partial charge in [0.1, 0.15) is 24.4 Å². The molecule has 4 heterocycles. The smallest absolute Gasteiger partial charge is 0.166 e. The van der Waals surface area contributed by atoms with E-state index in [2.05, 4.69) is 20.6 Å². The van der Waals surface area contributed by atoms with Crippen molar-refractivity contribution in [3.8, 4) is 11.5 Å². The summed E-state index contributed by atoms with van der Waals surface area (Å²) in [4.78, 5) is 8.79. The molecule has 2 aromatic carbocycles. The molecule has 0 aliphatic carbocycles. The number of nitrogens with zero attached hydrogens (tertiary/aromatic N) is 2. The molecule has 10 heteroatoms. The first kappa shape index (κ1) is 23.0. The van der Waals surface area contributed by atoms with E-state index in [1.807, 2.05) is 12.1 Å². The summed E-state index contributed by atoms with van der Waals surface area (Å²) >= 11 is 11.9. The summed E-state index contributed by atoms with van der Waals surface area (Å²) in [6.07, 6.45) is 6.56.